The highest BCUT2D eigenvalue weighted by Crippen LogP contribution is 1.85. The Morgan fingerprint density at radius 1 is 1.47 bits per heavy atom. The zero-order valence-corrected chi connectivity index (χ0v) is 9.45. The Labute approximate surface area is 89.9 Å². The molecule has 5 N–H and O–H groups in total. The van der Waals surface area contributed by atoms with Gasteiger partial charge in [-0.25, -0.2) is 0 Å². The summed E-state index contributed by atoms with van der Waals surface area (Å²) in [6.45, 7) is 6.07. The Hall–Kier alpha value is -1.30. The molecule has 0 aromatic heterocycles. The molecule has 0 spiro atoms. The van der Waals surface area contributed by atoms with Crippen LogP contribution in [0.4, 0.5) is 0 Å². The summed E-state index contributed by atoms with van der Waals surface area (Å²) in [5.74, 6) is 0.100. The SMILES string of the molecule is CC(C)NC(=O)CCNC(C)C(N)=NO. The van der Waals surface area contributed by atoms with E-state index in [9.17, 15) is 4.79 Å². The first kappa shape index (κ1) is 13.7. The predicted octanol–water partition coefficient (Wildman–Crippen LogP) is -0.374. The summed E-state index contributed by atoms with van der Waals surface area (Å²) in [5, 5.41) is 17.0. The van der Waals surface area contributed by atoms with Crippen LogP contribution >= 0.6 is 0 Å². The number of amidine groups is 1. The minimum absolute atomic E-state index is 0.00999. The largest absolute Gasteiger partial charge is 0.409 e. The number of rotatable bonds is 6. The average molecular weight is 216 g/mol. The third-order valence-corrected chi connectivity index (χ3v) is 1.81. The number of hydrogen-bond donors (Lipinski definition) is 4. The van der Waals surface area contributed by atoms with Crippen molar-refractivity contribution in [2.45, 2.75) is 39.3 Å². The normalized spacial score (nSPS) is 14.0. The molecule has 1 unspecified atom stereocenters. The van der Waals surface area contributed by atoms with Crippen molar-refractivity contribution in [1.29, 1.82) is 0 Å². The van der Waals surface area contributed by atoms with Gasteiger partial charge in [-0.05, 0) is 20.8 Å². The molecule has 0 saturated heterocycles. The van der Waals surface area contributed by atoms with Crippen LogP contribution in [0.15, 0.2) is 5.16 Å². The van der Waals surface area contributed by atoms with Crippen molar-refractivity contribution in [3.63, 3.8) is 0 Å². The third-order valence-electron chi connectivity index (χ3n) is 1.81. The molecule has 0 heterocycles. The van der Waals surface area contributed by atoms with E-state index in [-0.39, 0.29) is 23.8 Å². The van der Waals surface area contributed by atoms with Crippen molar-refractivity contribution >= 4 is 11.7 Å². The van der Waals surface area contributed by atoms with Gasteiger partial charge in [-0.3, -0.25) is 4.79 Å². The highest BCUT2D eigenvalue weighted by Gasteiger charge is 2.07. The van der Waals surface area contributed by atoms with E-state index in [0.29, 0.717) is 13.0 Å². The number of nitrogens with one attached hydrogen (secondary N) is 2. The minimum atomic E-state index is -0.234. The van der Waals surface area contributed by atoms with Crippen molar-refractivity contribution < 1.29 is 10.0 Å². The van der Waals surface area contributed by atoms with Gasteiger partial charge in [0.1, 0.15) is 0 Å². The number of nitrogens with zero attached hydrogens (tertiary/aromatic N) is 1. The van der Waals surface area contributed by atoms with Crippen LogP contribution in [0.25, 0.3) is 0 Å². The molecular formula is C9H20N4O2. The van der Waals surface area contributed by atoms with Crippen molar-refractivity contribution in [1.82, 2.24) is 10.6 Å². The zero-order chi connectivity index (χ0) is 11.8. The molecule has 0 aliphatic carbocycles. The maximum absolute atomic E-state index is 11.2. The fraction of sp³-hybridized carbons (Fsp3) is 0.778. The Balaban J connectivity index is 3.66. The molecule has 0 rings (SSSR count). The second-order valence-electron chi connectivity index (χ2n) is 3.67. The van der Waals surface area contributed by atoms with E-state index in [1.165, 1.54) is 0 Å². The predicted molar refractivity (Wildman–Crippen MR) is 58.8 cm³/mol. The maximum atomic E-state index is 11.2. The minimum Gasteiger partial charge on any atom is -0.409 e. The summed E-state index contributed by atoms with van der Waals surface area (Å²) in [6.07, 6.45) is 0.376. The molecule has 0 aliphatic heterocycles. The molecule has 0 radical (unpaired) electrons. The van der Waals surface area contributed by atoms with Gasteiger partial charge in [0.25, 0.3) is 0 Å². The zero-order valence-electron chi connectivity index (χ0n) is 9.45. The van der Waals surface area contributed by atoms with E-state index in [2.05, 4.69) is 15.8 Å². The molecule has 88 valence electrons. The van der Waals surface area contributed by atoms with Crippen molar-refractivity contribution in [3.8, 4) is 0 Å². The summed E-state index contributed by atoms with van der Waals surface area (Å²) >= 11 is 0. The van der Waals surface area contributed by atoms with Crippen molar-refractivity contribution in [3.05, 3.63) is 0 Å². The second kappa shape index (κ2) is 7.05. The lowest BCUT2D eigenvalue weighted by Gasteiger charge is -2.12. The van der Waals surface area contributed by atoms with E-state index >= 15 is 0 Å². The molecule has 0 fully saturated rings. The molecule has 6 nitrogen and oxygen atoms in total. The summed E-state index contributed by atoms with van der Waals surface area (Å²) in [6, 6.07) is -0.0825. The Bertz CT molecular complexity index is 228. The fourth-order valence-electron chi connectivity index (χ4n) is 0.988. The molecular weight excluding hydrogens is 196 g/mol. The summed E-state index contributed by atoms with van der Waals surface area (Å²) in [7, 11) is 0. The number of nitrogens with two attached hydrogens (primary N) is 1. The Kier molecular flexibility index (Phi) is 6.44. The topological polar surface area (TPSA) is 99.7 Å². The van der Waals surface area contributed by atoms with Crippen LogP contribution in [0.2, 0.25) is 0 Å². The molecule has 0 aromatic rings. The van der Waals surface area contributed by atoms with Crippen LogP contribution in [-0.2, 0) is 4.79 Å². The maximum Gasteiger partial charge on any atom is 0.221 e. The lowest BCUT2D eigenvalue weighted by Crippen LogP contribution is -2.41. The number of carbonyl (C=O) groups excluding carboxylic acids is 1. The van der Waals surface area contributed by atoms with E-state index in [1.54, 1.807) is 6.92 Å². The summed E-state index contributed by atoms with van der Waals surface area (Å²) in [4.78, 5) is 11.2. The Morgan fingerprint density at radius 3 is 2.53 bits per heavy atom. The fourth-order valence-corrected chi connectivity index (χ4v) is 0.988. The molecule has 6 heteroatoms. The van der Waals surface area contributed by atoms with Crippen LogP contribution in [-0.4, -0.2) is 35.6 Å². The number of amides is 1. The van der Waals surface area contributed by atoms with Gasteiger partial charge in [0.2, 0.25) is 5.91 Å². The number of oxime groups is 1. The summed E-state index contributed by atoms with van der Waals surface area (Å²) < 4.78 is 0. The van der Waals surface area contributed by atoms with Gasteiger partial charge >= 0.3 is 0 Å². The molecule has 0 aromatic carbocycles. The molecule has 1 amide bonds. The van der Waals surface area contributed by atoms with Gasteiger partial charge in [-0.15, -0.1) is 0 Å². The molecule has 15 heavy (non-hydrogen) atoms. The van der Waals surface area contributed by atoms with Gasteiger partial charge in [0, 0.05) is 19.0 Å². The molecule has 0 aliphatic rings. The van der Waals surface area contributed by atoms with Crippen molar-refractivity contribution in [2.75, 3.05) is 6.54 Å². The lowest BCUT2D eigenvalue weighted by atomic mass is 10.3. The van der Waals surface area contributed by atoms with Crippen LogP contribution in [0.1, 0.15) is 27.2 Å². The van der Waals surface area contributed by atoms with Gasteiger partial charge in [0.05, 0.1) is 6.04 Å². The number of hydrogen-bond acceptors (Lipinski definition) is 4. The quantitative estimate of drug-likeness (QED) is 0.210. The molecule has 1 atom stereocenters. The highest BCUT2D eigenvalue weighted by atomic mass is 16.4. The molecule has 0 saturated carbocycles. The molecule has 0 bridgehead atoms. The van der Waals surface area contributed by atoms with Crippen LogP contribution in [0.5, 0.6) is 0 Å². The average Bonchev–Trinajstić information content (AvgIpc) is 2.15. The first-order valence-corrected chi connectivity index (χ1v) is 4.97. The van der Waals surface area contributed by atoms with Gasteiger partial charge in [0.15, 0.2) is 5.84 Å². The van der Waals surface area contributed by atoms with Crippen molar-refractivity contribution in [2.24, 2.45) is 10.9 Å². The van der Waals surface area contributed by atoms with E-state index in [0.717, 1.165) is 0 Å². The van der Waals surface area contributed by atoms with Crippen LogP contribution in [0.3, 0.4) is 0 Å². The Morgan fingerprint density at radius 2 is 2.07 bits per heavy atom. The smallest absolute Gasteiger partial charge is 0.221 e. The second-order valence-corrected chi connectivity index (χ2v) is 3.67. The van der Waals surface area contributed by atoms with Crippen LogP contribution < -0.4 is 16.4 Å². The standard InChI is InChI=1S/C9H20N4O2/c1-6(2)12-8(14)4-5-11-7(3)9(10)13-15/h6-7,11,15H,4-5H2,1-3H3,(H2,10,13)(H,12,14). The third kappa shape index (κ3) is 6.73. The van der Waals surface area contributed by atoms with E-state index in [4.69, 9.17) is 10.9 Å². The van der Waals surface area contributed by atoms with Gasteiger partial charge in [-0.1, -0.05) is 5.16 Å². The first-order valence-electron chi connectivity index (χ1n) is 4.97. The lowest BCUT2D eigenvalue weighted by molar-refractivity contribution is -0.121. The highest BCUT2D eigenvalue weighted by molar-refractivity contribution is 5.84. The summed E-state index contributed by atoms with van der Waals surface area (Å²) in [5.41, 5.74) is 5.35. The monoisotopic (exact) mass is 216 g/mol. The van der Waals surface area contributed by atoms with E-state index in [1.807, 2.05) is 13.8 Å². The van der Waals surface area contributed by atoms with Crippen LogP contribution in [0, 0.1) is 0 Å². The van der Waals surface area contributed by atoms with Gasteiger partial charge in [-0.2, -0.15) is 0 Å². The first-order chi connectivity index (χ1) is 6.97. The van der Waals surface area contributed by atoms with Gasteiger partial charge < -0.3 is 21.6 Å². The number of carbonyl (C=O) groups is 1. The van der Waals surface area contributed by atoms with E-state index < -0.39 is 0 Å².